The summed E-state index contributed by atoms with van der Waals surface area (Å²) in [7, 11) is 0. The van der Waals surface area contributed by atoms with Crippen LogP contribution in [-0.2, 0) is 0 Å². The van der Waals surface area contributed by atoms with E-state index in [0.717, 1.165) is 26.2 Å². The van der Waals surface area contributed by atoms with Crippen molar-refractivity contribution >= 4 is 0 Å². The molecule has 0 bridgehead atoms. The van der Waals surface area contributed by atoms with Crippen molar-refractivity contribution in [1.29, 1.82) is 0 Å². The summed E-state index contributed by atoms with van der Waals surface area (Å²) in [6.45, 7) is 4.82. The van der Waals surface area contributed by atoms with E-state index in [1.807, 2.05) is 5.32 Å². The van der Waals surface area contributed by atoms with Gasteiger partial charge < -0.3 is 47.2 Å². The lowest BCUT2D eigenvalue weighted by molar-refractivity contribution is -0.455. The zero-order valence-corrected chi connectivity index (χ0v) is 11.5. The zero-order chi connectivity index (χ0) is 15.5. The highest BCUT2D eigenvalue weighted by Crippen LogP contribution is 2.08. The van der Waals surface area contributed by atoms with Gasteiger partial charge in [0.25, 0.3) is 0 Å². The molecular weight excluding hydrogens is 270 g/mol. The first-order valence-corrected chi connectivity index (χ1v) is 6.50. The van der Waals surface area contributed by atoms with Gasteiger partial charge >= 0.3 is 11.9 Å². The normalized spacial score (nSPS) is 12.9. The van der Waals surface area contributed by atoms with Gasteiger partial charge in [0.1, 0.15) is 0 Å². The average Bonchev–Trinajstić information content (AvgIpc) is 2.34. The largest absolute Gasteiger partial charge is 0.348 e. The van der Waals surface area contributed by atoms with Crippen LogP contribution in [0.4, 0.5) is 0 Å². The highest BCUT2D eigenvalue weighted by Gasteiger charge is 2.46. The summed E-state index contributed by atoms with van der Waals surface area (Å²) in [6.07, 6.45) is 0. The molecule has 0 saturated heterocycles. The standard InChI is InChI=1S/C10H27N5O5/c11-1-2-12-3-4-13-5-6-14-7-8-15-9(16,17)10(18,19)20/h12-20H,1-8,11H2. The molecule has 0 spiro atoms. The van der Waals surface area contributed by atoms with Gasteiger partial charge in [-0.2, -0.15) is 0 Å². The molecule has 0 unspecified atom stereocenters. The minimum atomic E-state index is -3.62. The first kappa shape index (κ1) is 19.6. The van der Waals surface area contributed by atoms with Crippen molar-refractivity contribution in [3.63, 3.8) is 0 Å². The molecular formula is C10H27N5O5. The van der Waals surface area contributed by atoms with Crippen molar-refractivity contribution in [2.45, 2.75) is 11.9 Å². The molecule has 0 aromatic carbocycles. The van der Waals surface area contributed by atoms with Gasteiger partial charge in [-0.1, -0.05) is 0 Å². The highest BCUT2D eigenvalue weighted by molar-refractivity contribution is 4.70. The first-order chi connectivity index (χ1) is 9.31. The van der Waals surface area contributed by atoms with Gasteiger partial charge in [0.05, 0.1) is 0 Å². The molecule has 20 heavy (non-hydrogen) atoms. The first-order valence-electron chi connectivity index (χ1n) is 6.50. The maximum atomic E-state index is 9.03. The summed E-state index contributed by atoms with van der Waals surface area (Å²) in [4.78, 5) is 0. The highest BCUT2D eigenvalue weighted by atomic mass is 16.7. The predicted molar refractivity (Wildman–Crippen MR) is 72.2 cm³/mol. The van der Waals surface area contributed by atoms with Gasteiger partial charge in [0.15, 0.2) is 0 Å². The molecule has 0 fully saturated rings. The molecule has 0 amide bonds. The molecule has 10 nitrogen and oxygen atoms in total. The molecule has 0 aliphatic carbocycles. The van der Waals surface area contributed by atoms with Crippen molar-refractivity contribution < 1.29 is 25.5 Å². The van der Waals surface area contributed by atoms with Crippen LogP contribution in [0.15, 0.2) is 0 Å². The number of hydrogen-bond acceptors (Lipinski definition) is 10. The van der Waals surface area contributed by atoms with E-state index in [1.165, 1.54) is 0 Å². The molecule has 122 valence electrons. The molecule has 0 rings (SSSR count). The Labute approximate surface area is 118 Å². The Morgan fingerprint density at radius 2 is 1.05 bits per heavy atom. The maximum absolute atomic E-state index is 9.03. The van der Waals surface area contributed by atoms with E-state index in [9.17, 15) is 0 Å². The number of rotatable bonds is 13. The van der Waals surface area contributed by atoms with Gasteiger partial charge in [0, 0.05) is 52.4 Å². The second-order valence-corrected chi connectivity index (χ2v) is 4.27. The SMILES string of the molecule is NCCNCCNCCNCCNC(O)(O)C(O)(O)O. The lowest BCUT2D eigenvalue weighted by Crippen LogP contribution is -2.64. The third kappa shape index (κ3) is 9.50. The molecule has 0 radical (unpaired) electrons. The van der Waals surface area contributed by atoms with Gasteiger partial charge in [-0.15, -0.1) is 0 Å². The number of hydrogen-bond donors (Lipinski definition) is 10. The minimum absolute atomic E-state index is 0.0223. The Morgan fingerprint density at radius 1 is 0.650 bits per heavy atom. The van der Waals surface area contributed by atoms with Crippen LogP contribution in [0.2, 0.25) is 0 Å². The number of nitrogens with two attached hydrogens (primary N) is 1. The number of nitrogens with one attached hydrogen (secondary N) is 4. The van der Waals surface area contributed by atoms with E-state index in [2.05, 4.69) is 16.0 Å². The topological polar surface area (TPSA) is 175 Å². The summed E-state index contributed by atoms with van der Waals surface area (Å²) >= 11 is 0. The van der Waals surface area contributed by atoms with Crippen molar-refractivity contribution in [3.8, 4) is 0 Å². The van der Waals surface area contributed by atoms with Crippen LogP contribution in [0.25, 0.3) is 0 Å². The van der Waals surface area contributed by atoms with Crippen LogP contribution in [0.1, 0.15) is 0 Å². The van der Waals surface area contributed by atoms with Crippen LogP contribution in [0, 0.1) is 0 Å². The fourth-order valence-electron chi connectivity index (χ4n) is 1.27. The monoisotopic (exact) mass is 297 g/mol. The maximum Gasteiger partial charge on any atom is 0.348 e. The second-order valence-electron chi connectivity index (χ2n) is 4.27. The zero-order valence-electron chi connectivity index (χ0n) is 11.5. The molecule has 0 aromatic heterocycles. The summed E-state index contributed by atoms with van der Waals surface area (Å²) in [6, 6.07) is 0. The minimum Gasteiger partial charge on any atom is -0.347 e. The third-order valence-electron chi connectivity index (χ3n) is 2.42. The predicted octanol–water partition coefficient (Wildman–Crippen LogP) is -5.43. The molecule has 10 heteroatoms. The Hall–Kier alpha value is -0.400. The van der Waals surface area contributed by atoms with E-state index in [4.69, 9.17) is 31.3 Å². The van der Waals surface area contributed by atoms with Crippen LogP contribution >= 0.6 is 0 Å². The Kier molecular flexibility index (Phi) is 10.1. The molecule has 0 atom stereocenters. The summed E-state index contributed by atoms with van der Waals surface area (Å²) in [5.41, 5.74) is 5.31. The average molecular weight is 297 g/mol. The van der Waals surface area contributed by atoms with E-state index >= 15 is 0 Å². The Morgan fingerprint density at radius 3 is 1.45 bits per heavy atom. The Balaban J connectivity index is 3.33. The molecule has 0 heterocycles. The summed E-state index contributed by atoms with van der Waals surface area (Å²) < 4.78 is 0. The molecule has 0 saturated carbocycles. The van der Waals surface area contributed by atoms with Gasteiger partial charge in [0.2, 0.25) is 0 Å². The second kappa shape index (κ2) is 10.3. The molecule has 0 aromatic rings. The van der Waals surface area contributed by atoms with Crippen LogP contribution in [0.5, 0.6) is 0 Å². The Bertz CT molecular complexity index is 237. The van der Waals surface area contributed by atoms with E-state index in [1.54, 1.807) is 0 Å². The quantitative estimate of drug-likeness (QED) is 0.117. The summed E-state index contributed by atoms with van der Waals surface area (Å²) in [5.74, 6) is -6.80. The fourth-order valence-corrected chi connectivity index (χ4v) is 1.27. The molecule has 0 aliphatic rings. The van der Waals surface area contributed by atoms with E-state index < -0.39 is 11.9 Å². The van der Waals surface area contributed by atoms with Crippen LogP contribution in [-0.4, -0.2) is 89.8 Å². The van der Waals surface area contributed by atoms with Crippen molar-refractivity contribution in [2.75, 3.05) is 52.4 Å². The lowest BCUT2D eigenvalue weighted by atomic mass is 10.4. The molecule has 0 aliphatic heterocycles. The van der Waals surface area contributed by atoms with E-state index in [-0.39, 0.29) is 6.54 Å². The van der Waals surface area contributed by atoms with Gasteiger partial charge in [-0.25, -0.2) is 0 Å². The van der Waals surface area contributed by atoms with Crippen molar-refractivity contribution in [3.05, 3.63) is 0 Å². The van der Waals surface area contributed by atoms with E-state index in [0.29, 0.717) is 19.6 Å². The van der Waals surface area contributed by atoms with Gasteiger partial charge in [-0.05, 0) is 0 Å². The van der Waals surface area contributed by atoms with Crippen molar-refractivity contribution in [1.82, 2.24) is 21.3 Å². The van der Waals surface area contributed by atoms with Crippen LogP contribution in [0.3, 0.4) is 0 Å². The fraction of sp³-hybridized carbons (Fsp3) is 1.00. The third-order valence-corrected chi connectivity index (χ3v) is 2.42. The van der Waals surface area contributed by atoms with Crippen LogP contribution < -0.4 is 27.0 Å². The van der Waals surface area contributed by atoms with Gasteiger partial charge in [-0.3, -0.25) is 5.32 Å². The smallest absolute Gasteiger partial charge is 0.347 e. The van der Waals surface area contributed by atoms with Crippen molar-refractivity contribution in [2.24, 2.45) is 5.73 Å². The number of aliphatic hydroxyl groups is 5. The lowest BCUT2D eigenvalue weighted by Gasteiger charge is -2.30. The molecule has 11 N–H and O–H groups in total. The summed E-state index contributed by atoms with van der Waals surface area (Å²) in [5, 5.41) is 55.2.